The zero-order valence-corrected chi connectivity index (χ0v) is 14.0. The summed E-state index contributed by atoms with van der Waals surface area (Å²) in [5.41, 5.74) is 0.775. The molecule has 8 nitrogen and oxygen atoms in total. The van der Waals surface area contributed by atoms with Gasteiger partial charge in [0.25, 0.3) is 0 Å². The number of carboxylic acid groups (broad SMARTS) is 1. The molecule has 2 amide bonds. The van der Waals surface area contributed by atoms with Crippen LogP contribution < -0.4 is 15.4 Å². The quantitative estimate of drug-likeness (QED) is 0.599. The number of hydrogen-bond donors (Lipinski definition) is 4. The molecule has 0 radical (unpaired) electrons. The molecule has 0 saturated heterocycles. The van der Waals surface area contributed by atoms with Crippen molar-refractivity contribution in [3.05, 3.63) is 24.3 Å². The third-order valence-corrected chi connectivity index (χ3v) is 3.36. The number of benzene rings is 1. The maximum atomic E-state index is 11.8. The van der Waals surface area contributed by atoms with Crippen LogP contribution in [0.1, 0.15) is 20.3 Å². The lowest BCUT2D eigenvalue weighted by Crippen LogP contribution is -2.43. The van der Waals surface area contributed by atoms with Gasteiger partial charge in [0.05, 0.1) is 6.26 Å². The average Bonchev–Trinajstić information content (AvgIpc) is 2.38. The topological polar surface area (TPSA) is 125 Å². The minimum atomic E-state index is -3.37. The van der Waals surface area contributed by atoms with Gasteiger partial charge in [-0.15, -0.1) is 0 Å². The molecule has 0 bridgehead atoms. The van der Waals surface area contributed by atoms with E-state index in [0.29, 0.717) is 17.8 Å². The largest absolute Gasteiger partial charge is 0.480 e. The molecule has 4 N–H and O–H groups in total. The lowest BCUT2D eigenvalue weighted by Gasteiger charge is -2.17. The van der Waals surface area contributed by atoms with Gasteiger partial charge in [-0.1, -0.05) is 13.8 Å². The first kappa shape index (κ1) is 18.8. The highest BCUT2D eigenvalue weighted by Crippen LogP contribution is 2.14. The number of urea groups is 1. The van der Waals surface area contributed by atoms with Crippen LogP contribution in [0.15, 0.2) is 24.3 Å². The van der Waals surface area contributed by atoms with Crippen LogP contribution in [0.5, 0.6) is 0 Å². The molecular formula is C14H21N3O5S. The van der Waals surface area contributed by atoms with E-state index in [1.165, 1.54) is 24.3 Å². The minimum Gasteiger partial charge on any atom is -0.480 e. The molecule has 1 rings (SSSR count). The maximum Gasteiger partial charge on any atom is 0.326 e. The maximum absolute atomic E-state index is 11.8. The number of amides is 2. The van der Waals surface area contributed by atoms with E-state index in [9.17, 15) is 18.0 Å². The Morgan fingerprint density at radius 1 is 1.13 bits per heavy atom. The van der Waals surface area contributed by atoms with Gasteiger partial charge in [-0.25, -0.2) is 18.0 Å². The number of aliphatic carboxylic acids is 1. The van der Waals surface area contributed by atoms with E-state index in [0.717, 1.165) is 6.26 Å². The first-order chi connectivity index (χ1) is 10.6. The van der Waals surface area contributed by atoms with Crippen LogP contribution in [-0.2, 0) is 14.8 Å². The predicted octanol–water partition coefficient (Wildman–Crippen LogP) is 1.68. The molecule has 0 aliphatic heterocycles. The highest BCUT2D eigenvalue weighted by molar-refractivity contribution is 7.92. The molecule has 0 aliphatic rings. The fourth-order valence-electron chi connectivity index (χ4n) is 1.85. The van der Waals surface area contributed by atoms with E-state index in [1.54, 1.807) is 0 Å². The van der Waals surface area contributed by atoms with Gasteiger partial charge in [0.2, 0.25) is 10.0 Å². The second-order valence-electron chi connectivity index (χ2n) is 5.57. The monoisotopic (exact) mass is 343 g/mol. The number of sulfonamides is 1. The van der Waals surface area contributed by atoms with Crippen molar-refractivity contribution in [2.24, 2.45) is 5.92 Å². The smallest absolute Gasteiger partial charge is 0.326 e. The molecule has 0 heterocycles. The molecule has 9 heteroatoms. The molecule has 1 unspecified atom stereocenters. The summed E-state index contributed by atoms with van der Waals surface area (Å²) >= 11 is 0. The lowest BCUT2D eigenvalue weighted by molar-refractivity contribution is -0.139. The first-order valence-corrected chi connectivity index (χ1v) is 8.84. The molecule has 0 fully saturated rings. The normalized spacial score (nSPS) is 12.5. The number of anilines is 2. The van der Waals surface area contributed by atoms with Crippen molar-refractivity contribution in [2.45, 2.75) is 26.3 Å². The van der Waals surface area contributed by atoms with Crippen LogP contribution >= 0.6 is 0 Å². The summed E-state index contributed by atoms with van der Waals surface area (Å²) in [7, 11) is -3.37. The molecule has 0 aliphatic carbocycles. The van der Waals surface area contributed by atoms with Gasteiger partial charge in [-0.2, -0.15) is 0 Å². The van der Waals surface area contributed by atoms with Gasteiger partial charge in [0.1, 0.15) is 6.04 Å². The van der Waals surface area contributed by atoms with Crippen LogP contribution in [-0.4, -0.2) is 37.8 Å². The zero-order chi connectivity index (χ0) is 17.6. The highest BCUT2D eigenvalue weighted by atomic mass is 32.2. The van der Waals surface area contributed by atoms with Gasteiger partial charge in [-0.05, 0) is 36.6 Å². The fraction of sp³-hybridized carbons (Fsp3) is 0.429. The van der Waals surface area contributed by atoms with Crippen molar-refractivity contribution < 1.29 is 23.1 Å². The zero-order valence-electron chi connectivity index (χ0n) is 13.2. The molecule has 1 aromatic rings. The van der Waals surface area contributed by atoms with Crippen molar-refractivity contribution in [3.8, 4) is 0 Å². The Morgan fingerprint density at radius 3 is 2.09 bits per heavy atom. The summed E-state index contributed by atoms with van der Waals surface area (Å²) in [6, 6.07) is 4.37. The van der Waals surface area contributed by atoms with Crippen LogP contribution in [0.2, 0.25) is 0 Å². The third-order valence-electron chi connectivity index (χ3n) is 2.76. The summed E-state index contributed by atoms with van der Waals surface area (Å²) in [6.45, 7) is 3.73. The van der Waals surface area contributed by atoms with Crippen molar-refractivity contribution in [1.29, 1.82) is 0 Å². The standard InChI is InChI=1S/C14H21N3O5S/c1-9(2)8-12(13(18)19)16-14(20)15-10-4-6-11(7-5-10)17-23(3,21)22/h4-7,9,12,17H,8H2,1-3H3,(H,18,19)(H2,15,16,20). The summed E-state index contributed by atoms with van der Waals surface area (Å²) in [5, 5.41) is 14.0. The fourth-order valence-corrected chi connectivity index (χ4v) is 2.42. The summed E-state index contributed by atoms with van der Waals surface area (Å²) in [5.74, 6) is -0.973. The van der Waals surface area contributed by atoms with Gasteiger partial charge in [0.15, 0.2) is 0 Å². The predicted molar refractivity (Wildman–Crippen MR) is 87.9 cm³/mol. The van der Waals surface area contributed by atoms with Crippen LogP contribution in [0.25, 0.3) is 0 Å². The summed E-state index contributed by atoms with van der Waals surface area (Å²) in [4.78, 5) is 22.9. The third kappa shape index (κ3) is 7.50. The summed E-state index contributed by atoms with van der Waals surface area (Å²) in [6.07, 6.45) is 1.35. The van der Waals surface area contributed by atoms with Crippen LogP contribution in [0.4, 0.5) is 16.2 Å². The summed E-state index contributed by atoms with van der Waals surface area (Å²) < 4.78 is 24.5. The Hall–Kier alpha value is -2.29. The van der Waals surface area contributed by atoms with E-state index in [1.807, 2.05) is 13.8 Å². The Bertz CT molecular complexity index is 655. The van der Waals surface area contributed by atoms with Crippen molar-refractivity contribution in [3.63, 3.8) is 0 Å². The number of hydrogen-bond acceptors (Lipinski definition) is 4. The number of rotatable bonds is 7. The number of carbonyl (C=O) groups excluding carboxylic acids is 1. The Kier molecular flexibility index (Phi) is 6.38. The number of nitrogens with one attached hydrogen (secondary N) is 3. The number of carbonyl (C=O) groups is 2. The first-order valence-electron chi connectivity index (χ1n) is 6.95. The van der Waals surface area contributed by atoms with Crippen LogP contribution in [0.3, 0.4) is 0 Å². The molecule has 1 atom stereocenters. The Balaban J connectivity index is 2.64. The second kappa shape index (κ2) is 7.82. The van der Waals surface area contributed by atoms with Crippen molar-refractivity contribution >= 4 is 33.4 Å². The van der Waals surface area contributed by atoms with E-state index in [4.69, 9.17) is 5.11 Å². The van der Waals surface area contributed by atoms with Gasteiger partial charge < -0.3 is 15.7 Å². The molecular weight excluding hydrogens is 322 g/mol. The molecule has 0 aromatic heterocycles. The van der Waals surface area contributed by atoms with Gasteiger partial charge in [0, 0.05) is 11.4 Å². The second-order valence-corrected chi connectivity index (χ2v) is 7.32. The lowest BCUT2D eigenvalue weighted by atomic mass is 10.0. The van der Waals surface area contributed by atoms with E-state index in [-0.39, 0.29) is 5.92 Å². The Labute approximate surface area is 135 Å². The molecule has 0 spiro atoms. The van der Waals surface area contributed by atoms with Crippen molar-refractivity contribution in [2.75, 3.05) is 16.3 Å². The van der Waals surface area contributed by atoms with Crippen LogP contribution in [0, 0.1) is 5.92 Å². The number of carboxylic acids is 1. The SMILES string of the molecule is CC(C)CC(NC(=O)Nc1ccc(NS(C)(=O)=O)cc1)C(=O)O. The van der Waals surface area contributed by atoms with Gasteiger partial charge in [-0.3, -0.25) is 4.72 Å². The molecule has 23 heavy (non-hydrogen) atoms. The van der Waals surface area contributed by atoms with E-state index in [2.05, 4.69) is 15.4 Å². The molecule has 1 aromatic carbocycles. The molecule has 128 valence electrons. The van der Waals surface area contributed by atoms with Gasteiger partial charge >= 0.3 is 12.0 Å². The van der Waals surface area contributed by atoms with E-state index < -0.39 is 28.1 Å². The highest BCUT2D eigenvalue weighted by Gasteiger charge is 2.20. The molecule has 0 saturated carbocycles. The average molecular weight is 343 g/mol. The Morgan fingerprint density at radius 2 is 1.65 bits per heavy atom. The minimum absolute atomic E-state index is 0.123. The van der Waals surface area contributed by atoms with E-state index >= 15 is 0 Å². The van der Waals surface area contributed by atoms with Crippen molar-refractivity contribution in [1.82, 2.24) is 5.32 Å².